The van der Waals surface area contributed by atoms with Crippen LogP contribution in [0.25, 0.3) is 0 Å². The van der Waals surface area contributed by atoms with Crippen molar-refractivity contribution < 1.29 is 20.1 Å². The first-order valence-corrected chi connectivity index (χ1v) is 6.24. The largest absolute Gasteiger partial charge is 0.394 e. The highest BCUT2D eigenvalue weighted by atomic mass is 16.6. The molecule has 0 aromatic carbocycles. The molecule has 0 unspecified atom stereocenters. The van der Waals surface area contributed by atoms with E-state index in [9.17, 15) is 10.2 Å². The van der Waals surface area contributed by atoms with Gasteiger partial charge in [-0.3, -0.25) is 0 Å². The van der Waals surface area contributed by atoms with Crippen molar-refractivity contribution in [2.45, 2.75) is 24.5 Å². The summed E-state index contributed by atoms with van der Waals surface area (Å²) >= 11 is 0. The quantitative estimate of drug-likeness (QED) is 0.357. The lowest BCUT2D eigenvalue weighted by Gasteiger charge is -2.26. The lowest BCUT2D eigenvalue weighted by atomic mass is 10.1. The topological polar surface area (TPSA) is 173 Å². The Labute approximate surface area is 118 Å². The summed E-state index contributed by atoms with van der Waals surface area (Å²) in [5, 5.41) is 35.1. The molecule has 0 radical (unpaired) electrons. The molecule has 0 amide bonds. The highest BCUT2D eigenvalue weighted by Crippen LogP contribution is 2.38. The van der Waals surface area contributed by atoms with Gasteiger partial charge in [-0.05, 0) is 0 Å². The number of anilines is 3. The number of rotatable bonds is 3. The van der Waals surface area contributed by atoms with Crippen LogP contribution < -0.4 is 16.0 Å². The number of aliphatic hydroxyl groups is 3. The molecule has 0 spiro atoms. The fraction of sp³-hybridized carbons (Fsp3) is 0.600. The third-order valence-corrected chi connectivity index (χ3v) is 3.53. The molecule has 0 aliphatic carbocycles. The lowest BCUT2D eigenvalue weighted by molar-refractivity contribution is -0.0219. The van der Waals surface area contributed by atoms with Gasteiger partial charge in [0.05, 0.1) is 13.3 Å². The summed E-state index contributed by atoms with van der Waals surface area (Å²) in [6.45, 7) is -0.190. The summed E-state index contributed by atoms with van der Waals surface area (Å²) in [6.07, 6.45) is -4.21. The van der Waals surface area contributed by atoms with E-state index in [4.69, 9.17) is 21.1 Å². The Morgan fingerprint density at radius 1 is 1.43 bits per heavy atom. The van der Waals surface area contributed by atoms with E-state index in [1.807, 2.05) is 0 Å². The predicted octanol–water partition coefficient (Wildman–Crippen LogP) is -1.65. The van der Waals surface area contributed by atoms with E-state index < -0.39 is 31.1 Å². The first kappa shape index (κ1) is 13.9. The Kier molecular flexibility index (Phi) is 3.33. The molecule has 2 aliphatic rings. The van der Waals surface area contributed by atoms with Crippen LogP contribution in [0.1, 0.15) is 0 Å². The van der Waals surface area contributed by atoms with E-state index in [0.29, 0.717) is 11.5 Å². The number of aromatic nitrogens is 2. The second-order valence-electron chi connectivity index (χ2n) is 4.75. The van der Waals surface area contributed by atoms with Crippen molar-refractivity contribution in [1.29, 1.82) is 5.53 Å². The zero-order valence-corrected chi connectivity index (χ0v) is 10.8. The Morgan fingerprint density at radius 2 is 2.19 bits per heavy atom. The minimum Gasteiger partial charge on any atom is -0.394 e. The van der Waals surface area contributed by atoms with Gasteiger partial charge in [0.2, 0.25) is 0 Å². The van der Waals surface area contributed by atoms with Crippen LogP contribution in [0.5, 0.6) is 0 Å². The van der Waals surface area contributed by atoms with Crippen molar-refractivity contribution in [1.82, 2.24) is 9.97 Å². The summed E-state index contributed by atoms with van der Waals surface area (Å²) in [4.78, 5) is 9.41. The van der Waals surface area contributed by atoms with E-state index in [-0.39, 0.29) is 18.4 Å². The normalized spacial score (nSPS) is 31.1. The molecular weight excluding hydrogens is 282 g/mol. The van der Waals surface area contributed by atoms with Crippen molar-refractivity contribution in [2.24, 2.45) is 5.11 Å². The molecule has 0 bridgehead atoms. The second-order valence-corrected chi connectivity index (χ2v) is 4.75. The number of nitrogens with one attached hydrogen (secondary N) is 2. The van der Waals surface area contributed by atoms with Gasteiger partial charge < -0.3 is 36.0 Å². The number of aliphatic hydroxyl groups excluding tert-OH is 3. The van der Waals surface area contributed by atoms with Gasteiger partial charge in [-0.2, -0.15) is 9.97 Å². The minimum absolute atomic E-state index is 0.119. The van der Waals surface area contributed by atoms with Crippen LogP contribution in [-0.4, -0.2) is 63.1 Å². The van der Waals surface area contributed by atoms with Gasteiger partial charge in [0, 0.05) is 0 Å². The lowest BCUT2D eigenvalue weighted by Crippen LogP contribution is -2.44. The van der Waals surface area contributed by atoms with Crippen molar-refractivity contribution in [2.75, 3.05) is 29.2 Å². The third kappa shape index (κ3) is 2.06. The third-order valence-electron chi connectivity index (χ3n) is 3.53. The molecule has 1 saturated heterocycles. The Balaban J connectivity index is 1.94. The number of fused-ring (bicyclic) bond motifs is 1. The Hall–Kier alpha value is -2.08. The van der Waals surface area contributed by atoms with Gasteiger partial charge >= 0.3 is 0 Å². The van der Waals surface area contributed by atoms with Crippen molar-refractivity contribution in [3.63, 3.8) is 0 Å². The molecular formula is C10H15N7O4. The highest BCUT2D eigenvalue weighted by molar-refractivity contribution is 5.81. The summed E-state index contributed by atoms with van der Waals surface area (Å²) in [5.74, 6) is 0.329. The number of nitrogens with two attached hydrogens (primary N) is 1. The molecule has 114 valence electrons. The SMILES string of the molecule is N=Nc1nc(N)c2c(n1)N([C@@H]1O[C@H](CO)[C@@H](O)[C@H]1O)CN2. The van der Waals surface area contributed by atoms with Crippen LogP contribution in [0, 0.1) is 5.53 Å². The van der Waals surface area contributed by atoms with E-state index in [2.05, 4.69) is 20.4 Å². The summed E-state index contributed by atoms with van der Waals surface area (Å²) < 4.78 is 5.45. The van der Waals surface area contributed by atoms with Gasteiger partial charge in [-0.1, -0.05) is 0 Å². The molecule has 7 N–H and O–H groups in total. The Morgan fingerprint density at radius 3 is 2.81 bits per heavy atom. The van der Waals surface area contributed by atoms with Gasteiger partial charge in [-0.15, -0.1) is 5.11 Å². The van der Waals surface area contributed by atoms with Gasteiger partial charge in [0.15, 0.2) is 17.9 Å². The smallest absolute Gasteiger partial charge is 0.272 e. The number of ether oxygens (including phenoxy) is 1. The first-order chi connectivity index (χ1) is 10.1. The van der Waals surface area contributed by atoms with Gasteiger partial charge in [0.25, 0.3) is 5.95 Å². The maximum Gasteiger partial charge on any atom is 0.272 e. The second kappa shape index (κ2) is 5.04. The average Bonchev–Trinajstić information content (AvgIpc) is 3.02. The summed E-state index contributed by atoms with van der Waals surface area (Å²) in [6, 6.07) is 0. The maximum absolute atomic E-state index is 10.1. The number of nitrogens with zero attached hydrogens (tertiary/aromatic N) is 4. The fourth-order valence-electron chi connectivity index (χ4n) is 2.47. The molecule has 1 aromatic rings. The summed E-state index contributed by atoms with van der Waals surface area (Å²) in [5.41, 5.74) is 13.2. The van der Waals surface area contributed by atoms with Crippen molar-refractivity contribution in [3.8, 4) is 0 Å². The monoisotopic (exact) mass is 297 g/mol. The van der Waals surface area contributed by atoms with E-state index in [0.717, 1.165) is 0 Å². The number of hydrogen-bond acceptors (Lipinski definition) is 11. The van der Waals surface area contributed by atoms with Crippen molar-refractivity contribution >= 4 is 23.3 Å². The number of nitrogen functional groups attached to an aromatic ring is 1. The zero-order valence-electron chi connectivity index (χ0n) is 10.8. The molecule has 1 aromatic heterocycles. The molecule has 0 saturated carbocycles. The maximum atomic E-state index is 10.1. The highest BCUT2D eigenvalue weighted by Gasteiger charge is 2.47. The van der Waals surface area contributed by atoms with Crippen LogP contribution in [0.4, 0.5) is 23.3 Å². The number of hydrogen-bond donors (Lipinski definition) is 6. The molecule has 3 heterocycles. The van der Waals surface area contributed by atoms with Crippen LogP contribution in [-0.2, 0) is 4.74 Å². The molecule has 21 heavy (non-hydrogen) atoms. The molecule has 2 aliphatic heterocycles. The first-order valence-electron chi connectivity index (χ1n) is 6.24. The van der Waals surface area contributed by atoms with E-state index in [1.54, 1.807) is 0 Å². The zero-order chi connectivity index (χ0) is 15.1. The Bertz CT molecular complexity index is 571. The van der Waals surface area contributed by atoms with Crippen molar-refractivity contribution in [3.05, 3.63) is 0 Å². The molecule has 3 rings (SSSR count). The molecule has 11 nitrogen and oxygen atoms in total. The standard InChI is InChI=1S/C10H15N7O4/c11-7-4-8(15-10(14-7)16-12)17(2-13-4)9-6(20)5(19)3(1-18)21-9/h3,5-6,9,12-13,18-20H,1-2H2,(H2,11,14,15)/t3-,5-,6-,9-/m1/s1. The van der Waals surface area contributed by atoms with Gasteiger partial charge in [0.1, 0.15) is 24.0 Å². The minimum atomic E-state index is -1.22. The van der Waals surface area contributed by atoms with E-state index in [1.165, 1.54) is 4.90 Å². The van der Waals surface area contributed by atoms with Gasteiger partial charge in [-0.25, -0.2) is 5.53 Å². The van der Waals surface area contributed by atoms with Crippen LogP contribution >= 0.6 is 0 Å². The van der Waals surface area contributed by atoms with Crippen LogP contribution in [0.15, 0.2) is 5.11 Å². The van der Waals surface area contributed by atoms with Crippen LogP contribution in [0.3, 0.4) is 0 Å². The van der Waals surface area contributed by atoms with Crippen LogP contribution in [0.2, 0.25) is 0 Å². The average molecular weight is 297 g/mol. The molecule has 11 heteroatoms. The fourth-order valence-corrected chi connectivity index (χ4v) is 2.47. The predicted molar refractivity (Wildman–Crippen MR) is 70.0 cm³/mol. The van der Waals surface area contributed by atoms with E-state index >= 15 is 0 Å². The molecule has 1 fully saturated rings. The molecule has 4 atom stereocenters. The summed E-state index contributed by atoms with van der Waals surface area (Å²) in [7, 11) is 0.